The fraction of sp³-hybridized carbons (Fsp3) is 0.444. The molecule has 0 aromatic carbocycles. The highest BCUT2D eigenvalue weighted by atomic mass is 16.5. The molecule has 1 aromatic heterocycles. The molecule has 0 saturated carbocycles. The molecule has 0 fully saturated rings. The molecular weight excluding hydrogens is 168 g/mol. The van der Waals surface area contributed by atoms with Crippen LogP contribution >= 0.6 is 0 Å². The molecular formula is C9H13N2O2+. The number of ether oxygens (including phenoxy) is 1. The monoisotopic (exact) mass is 181 g/mol. The summed E-state index contributed by atoms with van der Waals surface area (Å²) in [6.45, 7) is 3.82. The zero-order valence-corrected chi connectivity index (χ0v) is 7.58. The minimum atomic E-state index is 0.559. The van der Waals surface area contributed by atoms with Crippen LogP contribution in [0.3, 0.4) is 0 Å². The maximum atomic E-state index is 9.67. The number of nitrogens with one attached hydrogen (secondary N) is 1. The number of aryl methyl sites for hydroxylation is 1. The topological polar surface area (TPSA) is 45.4 Å². The summed E-state index contributed by atoms with van der Waals surface area (Å²) in [5.41, 5.74) is 1.80. The van der Waals surface area contributed by atoms with Crippen LogP contribution in [0.4, 0.5) is 5.82 Å². The van der Waals surface area contributed by atoms with Crippen LogP contribution in [0.25, 0.3) is 0 Å². The fourth-order valence-electron chi connectivity index (χ4n) is 1.41. The first kappa shape index (κ1) is 8.31. The van der Waals surface area contributed by atoms with Crippen LogP contribution in [-0.2, 0) is 11.3 Å². The largest absolute Gasteiger partial charge is 0.372 e. The van der Waals surface area contributed by atoms with Crippen molar-refractivity contribution >= 4 is 5.82 Å². The van der Waals surface area contributed by atoms with Crippen molar-refractivity contribution in [2.75, 3.05) is 18.5 Å². The molecule has 4 heteroatoms. The smallest absolute Gasteiger partial charge is 0.319 e. The molecule has 70 valence electrons. The first-order valence-corrected chi connectivity index (χ1v) is 4.34. The second kappa shape index (κ2) is 3.22. The van der Waals surface area contributed by atoms with Crippen LogP contribution in [-0.4, -0.2) is 18.4 Å². The molecule has 2 heterocycles. The van der Waals surface area contributed by atoms with Crippen LogP contribution in [0.2, 0.25) is 0 Å². The van der Waals surface area contributed by atoms with Gasteiger partial charge in [0.2, 0.25) is 0 Å². The first-order valence-electron chi connectivity index (χ1n) is 4.34. The average molecular weight is 181 g/mol. The van der Waals surface area contributed by atoms with E-state index in [0.29, 0.717) is 13.2 Å². The molecule has 13 heavy (non-hydrogen) atoms. The lowest BCUT2D eigenvalue weighted by Crippen LogP contribution is -2.38. The quantitative estimate of drug-likeness (QED) is 0.451. The van der Waals surface area contributed by atoms with E-state index in [-0.39, 0.29) is 0 Å². The third kappa shape index (κ3) is 1.45. The van der Waals surface area contributed by atoms with Crippen LogP contribution in [0, 0.1) is 6.92 Å². The number of aromatic nitrogens is 1. The highest BCUT2D eigenvalue weighted by molar-refractivity contribution is 5.39. The van der Waals surface area contributed by atoms with Crippen LogP contribution < -0.4 is 10.0 Å². The van der Waals surface area contributed by atoms with Gasteiger partial charge >= 0.3 is 5.82 Å². The van der Waals surface area contributed by atoms with Crippen LogP contribution in [0.1, 0.15) is 11.3 Å². The van der Waals surface area contributed by atoms with Crippen molar-refractivity contribution in [2.24, 2.45) is 0 Å². The summed E-state index contributed by atoms with van der Waals surface area (Å²) in [6, 6.07) is 3.84. The summed E-state index contributed by atoms with van der Waals surface area (Å²) in [5.74, 6) is 0.748. The molecule has 1 aromatic rings. The van der Waals surface area contributed by atoms with Gasteiger partial charge in [0.1, 0.15) is 12.2 Å². The maximum absolute atomic E-state index is 9.67. The van der Waals surface area contributed by atoms with Gasteiger partial charge in [-0.2, -0.15) is 0 Å². The van der Waals surface area contributed by atoms with Gasteiger partial charge in [-0.25, -0.2) is 0 Å². The van der Waals surface area contributed by atoms with Crippen molar-refractivity contribution in [1.82, 2.24) is 0 Å². The van der Waals surface area contributed by atoms with Gasteiger partial charge in [-0.1, -0.05) is 0 Å². The lowest BCUT2D eigenvalue weighted by molar-refractivity contribution is -0.897. The van der Waals surface area contributed by atoms with Gasteiger partial charge < -0.3 is 9.94 Å². The normalized spacial score (nSPS) is 15.8. The van der Waals surface area contributed by atoms with Crippen molar-refractivity contribution in [3.63, 3.8) is 0 Å². The van der Waals surface area contributed by atoms with Gasteiger partial charge in [0.15, 0.2) is 0 Å². The van der Waals surface area contributed by atoms with E-state index in [9.17, 15) is 5.21 Å². The Bertz CT molecular complexity index is 326. The predicted octanol–water partition coefficient (Wildman–Crippen LogP) is 0.462. The van der Waals surface area contributed by atoms with Crippen molar-refractivity contribution < 1.29 is 14.7 Å². The molecule has 0 saturated heterocycles. The molecule has 0 atom stereocenters. The Kier molecular flexibility index (Phi) is 2.06. The van der Waals surface area contributed by atoms with Crippen molar-refractivity contribution in [1.29, 1.82) is 0 Å². The molecule has 0 radical (unpaired) electrons. The number of pyridine rings is 1. The number of hydrogen-bond acceptors (Lipinski definition) is 3. The second-order valence-electron chi connectivity index (χ2n) is 3.14. The Labute approximate surface area is 76.7 Å². The molecule has 0 amide bonds. The minimum Gasteiger partial charge on any atom is -0.372 e. The Hall–Kier alpha value is -1.29. The maximum Gasteiger partial charge on any atom is 0.319 e. The van der Waals surface area contributed by atoms with Gasteiger partial charge in [0.25, 0.3) is 0 Å². The molecule has 1 aliphatic heterocycles. The van der Waals surface area contributed by atoms with Crippen molar-refractivity contribution in [3.8, 4) is 0 Å². The highest BCUT2D eigenvalue weighted by Crippen LogP contribution is 2.14. The van der Waals surface area contributed by atoms with E-state index in [4.69, 9.17) is 4.74 Å². The molecule has 1 aliphatic rings. The van der Waals surface area contributed by atoms with E-state index in [2.05, 4.69) is 5.32 Å². The average Bonchev–Trinajstić information content (AvgIpc) is 2.36. The fourth-order valence-corrected chi connectivity index (χ4v) is 1.41. The van der Waals surface area contributed by atoms with Gasteiger partial charge in [-0.15, -0.1) is 0 Å². The first-order chi connectivity index (χ1) is 6.29. The highest BCUT2D eigenvalue weighted by Gasteiger charge is 2.19. The molecule has 0 bridgehead atoms. The summed E-state index contributed by atoms with van der Waals surface area (Å²) < 4.78 is 6.50. The van der Waals surface area contributed by atoms with E-state index in [1.807, 2.05) is 19.1 Å². The van der Waals surface area contributed by atoms with E-state index < -0.39 is 0 Å². The third-order valence-corrected chi connectivity index (χ3v) is 2.17. The Balaban J connectivity index is 2.48. The molecule has 2 N–H and O–H groups in total. The second-order valence-corrected chi connectivity index (χ2v) is 3.14. The number of rotatable bonds is 0. The van der Waals surface area contributed by atoms with E-state index in [1.54, 1.807) is 0 Å². The van der Waals surface area contributed by atoms with Gasteiger partial charge in [-0.05, 0) is 16.9 Å². The number of anilines is 1. The summed E-state index contributed by atoms with van der Waals surface area (Å²) in [5, 5.41) is 12.8. The van der Waals surface area contributed by atoms with Gasteiger partial charge in [0.05, 0.1) is 18.8 Å². The standard InChI is InChI=1S/C9H12N2O2/c1-7-2-3-8-6-13-5-4-10-9(8)11(7)12/h2-3,12H,4-6H2,1H3/p+1. The zero-order valence-electron chi connectivity index (χ0n) is 7.58. The summed E-state index contributed by atoms with van der Waals surface area (Å²) in [7, 11) is 0. The lowest BCUT2D eigenvalue weighted by atomic mass is 10.2. The lowest BCUT2D eigenvalue weighted by Gasteiger charge is -2.03. The molecule has 0 aliphatic carbocycles. The molecule has 2 rings (SSSR count). The van der Waals surface area contributed by atoms with Gasteiger partial charge in [-0.3, -0.25) is 5.32 Å². The molecule has 0 spiro atoms. The van der Waals surface area contributed by atoms with Crippen LogP contribution in [0.15, 0.2) is 12.1 Å². The Morgan fingerprint density at radius 1 is 1.54 bits per heavy atom. The third-order valence-electron chi connectivity index (χ3n) is 2.17. The zero-order chi connectivity index (χ0) is 9.26. The van der Waals surface area contributed by atoms with Crippen molar-refractivity contribution in [2.45, 2.75) is 13.5 Å². The van der Waals surface area contributed by atoms with E-state index in [0.717, 1.165) is 23.6 Å². The Morgan fingerprint density at radius 2 is 2.38 bits per heavy atom. The van der Waals surface area contributed by atoms with E-state index in [1.165, 1.54) is 4.73 Å². The summed E-state index contributed by atoms with van der Waals surface area (Å²) in [6.07, 6.45) is 0. The minimum absolute atomic E-state index is 0.559. The molecule has 0 unspecified atom stereocenters. The van der Waals surface area contributed by atoms with Crippen LogP contribution in [0.5, 0.6) is 0 Å². The molecule has 4 nitrogen and oxygen atoms in total. The Morgan fingerprint density at radius 3 is 3.23 bits per heavy atom. The summed E-state index contributed by atoms with van der Waals surface area (Å²) >= 11 is 0. The number of hydrogen-bond donors (Lipinski definition) is 2. The van der Waals surface area contributed by atoms with Crippen molar-refractivity contribution in [3.05, 3.63) is 23.4 Å². The predicted molar refractivity (Wildman–Crippen MR) is 46.7 cm³/mol. The number of nitrogens with zero attached hydrogens (tertiary/aromatic N) is 1. The van der Waals surface area contributed by atoms with E-state index >= 15 is 0 Å². The summed E-state index contributed by atoms with van der Waals surface area (Å²) in [4.78, 5) is 0. The number of fused-ring (bicyclic) bond motifs is 1. The SMILES string of the molecule is Cc1ccc2c([n+]1O)NCCOC2. The van der Waals surface area contributed by atoms with Gasteiger partial charge in [0, 0.05) is 6.92 Å².